The molecule has 0 saturated carbocycles. The highest BCUT2D eigenvalue weighted by molar-refractivity contribution is 5.87. The average molecular weight is 218 g/mol. The number of carboxylic acids is 2. The van der Waals surface area contributed by atoms with Crippen LogP contribution >= 0.6 is 0 Å². The Balaban J connectivity index is 2.99. The fraction of sp³-hybridized carbons (Fsp3) is 0.167. The molecule has 4 heteroatoms. The van der Waals surface area contributed by atoms with Gasteiger partial charge in [0.25, 0.3) is 0 Å². The number of aromatic carboxylic acids is 1. The third kappa shape index (κ3) is 2.61. The van der Waals surface area contributed by atoms with Gasteiger partial charge in [0.1, 0.15) is 0 Å². The zero-order valence-electron chi connectivity index (χ0n) is 8.38. The highest BCUT2D eigenvalue weighted by Crippen LogP contribution is 2.20. The molecule has 1 aromatic carbocycles. The number of hydrogen-bond acceptors (Lipinski definition) is 2. The highest BCUT2D eigenvalue weighted by atomic mass is 16.4. The minimum atomic E-state index is -1.05. The minimum absolute atomic E-state index is 0.0851. The van der Waals surface area contributed by atoms with E-state index in [9.17, 15) is 9.59 Å². The molecule has 0 spiro atoms. The van der Waals surface area contributed by atoms with E-state index in [1.54, 1.807) is 0 Å². The number of aliphatic carboxylic acids is 1. The third-order valence-electron chi connectivity index (χ3n) is 2.18. The van der Waals surface area contributed by atoms with E-state index in [-0.39, 0.29) is 12.0 Å². The lowest BCUT2D eigenvalue weighted by Gasteiger charge is -2.09. The molecule has 0 bridgehead atoms. The van der Waals surface area contributed by atoms with Gasteiger partial charge in [-0.1, -0.05) is 12.1 Å². The Morgan fingerprint density at radius 2 is 1.81 bits per heavy atom. The zero-order chi connectivity index (χ0) is 12.1. The smallest absolute Gasteiger partial charge is 0.335 e. The van der Waals surface area contributed by atoms with Gasteiger partial charge in [0.2, 0.25) is 0 Å². The summed E-state index contributed by atoms with van der Waals surface area (Å²) in [4.78, 5) is 21.5. The molecule has 1 aromatic rings. The molecule has 0 amide bonds. The van der Waals surface area contributed by atoms with Crippen molar-refractivity contribution in [3.05, 3.63) is 35.4 Å². The first-order valence-corrected chi connectivity index (χ1v) is 4.55. The molecule has 0 heterocycles. The summed E-state index contributed by atoms with van der Waals surface area (Å²) in [6, 6.07) is 5.67. The van der Waals surface area contributed by atoms with E-state index in [0.717, 1.165) is 0 Å². The lowest BCUT2D eigenvalue weighted by atomic mass is 9.95. The van der Waals surface area contributed by atoms with Gasteiger partial charge >= 0.3 is 11.9 Å². The van der Waals surface area contributed by atoms with Crippen LogP contribution in [0.2, 0.25) is 0 Å². The minimum Gasteiger partial charge on any atom is -0.481 e. The summed E-state index contributed by atoms with van der Waals surface area (Å²) >= 11 is 0. The molecule has 4 nitrogen and oxygen atoms in total. The van der Waals surface area contributed by atoms with Crippen LogP contribution in [0.4, 0.5) is 0 Å². The summed E-state index contributed by atoms with van der Waals surface area (Å²) in [6.45, 7) is 0. The molecule has 16 heavy (non-hydrogen) atoms. The number of carbonyl (C=O) groups is 2. The normalized spacial score (nSPS) is 11.4. The zero-order valence-corrected chi connectivity index (χ0v) is 8.38. The van der Waals surface area contributed by atoms with Crippen LogP contribution in [-0.4, -0.2) is 22.2 Å². The predicted molar refractivity (Wildman–Crippen MR) is 57.2 cm³/mol. The summed E-state index contributed by atoms with van der Waals surface area (Å²) in [5.74, 6) is -0.555. The Morgan fingerprint density at radius 1 is 1.25 bits per heavy atom. The van der Waals surface area contributed by atoms with Crippen molar-refractivity contribution in [3.63, 3.8) is 0 Å². The Hall–Kier alpha value is -2.28. The van der Waals surface area contributed by atoms with Crippen molar-refractivity contribution in [1.82, 2.24) is 0 Å². The van der Waals surface area contributed by atoms with Gasteiger partial charge in [-0.2, -0.15) is 0 Å². The van der Waals surface area contributed by atoms with Gasteiger partial charge < -0.3 is 10.2 Å². The van der Waals surface area contributed by atoms with Gasteiger partial charge in [-0.05, 0) is 17.7 Å². The van der Waals surface area contributed by atoms with Crippen molar-refractivity contribution in [1.29, 1.82) is 0 Å². The second-order valence-corrected chi connectivity index (χ2v) is 3.23. The van der Waals surface area contributed by atoms with Crippen molar-refractivity contribution >= 4 is 11.9 Å². The molecular formula is C12H10O4. The van der Waals surface area contributed by atoms with Gasteiger partial charge in [-0.15, -0.1) is 12.3 Å². The Bertz CT molecular complexity index is 439. The maximum Gasteiger partial charge on any atom is 0.335 e. The molecule has 0 fully saturated rings. The standard InChI is InChI=1S/C12H10O4/c1-2-3-10(12(15)16)8-4-6-9(7-5-8)11(13)14/h1,4-7,10H,3H2,(H,13,14)(H,15,16). The molecule has 0 saturated heterocycles. The molecule has 0 aromatic heterocycles. The predicted octanol–water partition coefficient (Wildman–Crippen LogP) is 1.58. The monoisotopic (exact) mass is 218 g/mol. The van der Waals surface area contributed by atoms with Crippen LogP contribution in [0.5, 0.6) is 0 Å². The SMILES string of the molecule is C#CCC(C(=O)O)c1ccc(C(=O)O)cc1. The van der Waals surface area contributed by atoms with Crippen LogP contribution in [0.25, 0.3) is 0 Å². The van der Waals surface area contributed by atoms with E-state index < -0.39 is 17.9 Å². The third-order valence-corrected chi connectivity index (χ3v) is 2.18. The Labute approximate surface area is 92.5 Å². The molecule has 1 rings (SSSR count). The van der Waals surface area contributed by atoms with E-state index in [4.69, 9.17) is 16.6 Å². The van der Waals surface area contributed by atoms with E-state index in [1.807, 2.05) is 0 Å². The maximum atomic E-state index is 10.9. The second kappa shape index (κ2) is 4.99. The van der Waals surface area contributed by atoms with Crippen molar-refractivity contribution in [3.8, 4) is 12.3 Å². The first-order chi connectivity index (χ1) is 7.56. The molecule has 0 aliphatic heterocycles. The van der Waals surface area contributed by atoms with Gasteiger partial charge in [0.15, 0.2) is 0 Å². The first-order valence-electron chi connectivity index (χ1n) is 4.55. The fourth-order valence-electron chi connectivity index (χ4n) is 1.32. The highest BCUT2D eigenvalue weighted by Gasteiger charge is 2.18. The maximum absolute atomic E-state index is 10.9. The fourth-order valence-corrected chi connectivity index (χ4v) is 1.32. The molecule has 1 atom stereocenters. The van der Waals surface area contributed by atoms with Crippen LogP contribution in [0.15, 0.2) is 24.3 Å². The van der Waals surface area contributed by atoms with E-state index in [1.165, 1.54) is 24.3 Å². The Morgan fingerprint density at radius 3 is 2.19 bits per heavy atom. The molecule has 2 N–H and O–H groups in total. The van der Waals surface area contributed by atoms with Crippen molar-refractivity contribution in [2.75, 3.05) is 0 Å². The number of hydrogen-bond donors (Lipinski definition) is 2. The van der Waals surface area contributed by atoms with Gasteiger partial charge in [-0.3, -0.25) is 4.79 Å². The van der Waals surface area contributed by atoms with Crippen molar-refractivity contribution < 1.29 is 19.8 Å². The average Bonchev–Trinajstić information content (AvgIpc) is 2.25. The number of benzene rings is 1. The van der Waals surface area contributed by atoms with Crippen molar-refractivity contribution in [2.24, 2.45) is 0 Å². The van der Waals surface area contributed by atoms with Crippen LogP contribution in [0.3, 0.4) is 0 Å². The van der Waals surface area contributed by atoms with Crippen LogP contribution < -0.4 is 0 Å². The van der Waals surface area contributed by atoms with Crippen molar-refractivity contribution in [2.45, 2.75) is 12.3 Å². The van der Waals surface area contributed by atoms with Gasteiger partial charge in [0.05, 0.1) is 11.5 Å². The van der Waals surface area contributed by atoms with E-state index >= 15 is 0 Å². The van der Waals surface area contributed by atoms with Crippen LogP contribution in [0.1, 0.15) is 28.3 Å². The summed E-state index contributed by atoms with van der Waals surface area (Å²) in [5.41, 5.74) is 0.629. The number of terminal acetylenes is 1. The number of rotatable bonds is 4. The summed E-state index contributed by atoms with van der Waals surface area (Å²) in [7, 11) is 0. The van der Waals surface area contributed by atoms with E-state index in [2.05, 4.69) is 5.92 Å². The molecular weight excluding hydrogens is 208 g/mol. The van der Waals surface area contributed by atoms with Gasteiger partial charge in [-0.25, -0.2) is 4.79 Å². The molecule has 0 aliphatic rings. The second-order valence-electron chi connectivity index (χ2n) is 3.23. The molecule has 82 valence electrons. The number of carboxylic acid groups (broad SMARTS) is 2. The molecule has 0 aliphatic carbocycles. The summed E-state index contributed by atoms with van der Waals surface area (Å²) in [6.07, 6.45) is 5.16. The quantitative estimate of drug-likeness (QED) is 0.752. The molecule has 1 unspecified atom stereocenters. The van der Waals surface area contributed by atoms with E-state index in [0.29, 0.717) is 5.56 Å². The largest absolute Gasteiger partial charge is 0.481 e. The Kier molecular flexibility index (Phi) is 3.67. The first kappa shape index (κ1) is 11.8. The summed E-state index contributed by atoms with van der Waals surface area (Å²) in [5, 5.41) is 17.6. The lowest BCUT2D eigenvalue weighted by molar-refractivity contribution is -0.138. The molecule has 0 radical (unpaired) electrons. The topological polar surface area (TPSA) is 74.6 Å². The van der Waals surface area contributed by atoms with Crippen LogP contribution in [-0.2, 0) is 4.79 Å². The lowest BCUT2D eigenvalue weighted by Crippen LogP contribution is -2.11. The summed E-state index contributed by atoms with van der Waals surface area (Å²) < 4.78 is 0. The van der Waals surface area contributed by atoms with Gasteiger partial charge in [0, 0.05) is 6.42 Å². The van der Waals surface area contributed by atoms with Crippen LogP contribution in [0, 0.1) is 12.3 Å².